The summed E-state index contributed by atoms with van der Waals surface area (Å²) in [5.74, 6) is 1.81. The summed E-state index contributed by atoms with van der Waals surface area (Å²) in [7, 11) is 3.77. The minimum absolute atomic E-state index is 0.0355. The monoisotopic (exact) mass is 370 g/mol. The van der Waals surface area contributed by atoms with E-state index in [9.17, 15) is 4.79 Å². The van der Waals surface area contributed by atoms with Crippen LogP contribution in [0.3, 0.4) is 0 Å². The number of carbonyl (C=O) groups is 1. The Bertz CT molecular complexity index is 758. The van der Waals surface area contributed by atoms with Gasteiger partial charge in [-0.05, 0) is 36.9 Å². The molecule has 1 aliphatic heterocycles. The lowest BCUT2D eigenvalue weighted by molar-refractivity contribution is -0.119. The van der Waals surface area contributed by atoms with Crippen molar-refractivity contribution in [3.8, 4) is 5.75 Å². The van der Waals surface area contributed by atoms with Crippen LogP contribution in [0.25, 0.3) is 0 Å². The van der Waals surface area contributed by atoms with Gasteiger partial charge in [0.05, 0.1) is 13.4 Å². The van der Waals surface area contributed by atoms with Gasteiger partial charge in [0.15, 0.2) is 0 Å². The molecule has 6 nitrogen and oxygen atoms in total. The van der Waals surface area contributed by atoms with E-state index < -0.39 is 0 Å². The number of methoxy groups -OCH3 is 1. The Kier molecular flexibility index (Phi) is 6.50. The summed E-state index contributed by atoms with van der Waals surface area (Å²) in [5, 5.41) is 3.00. The standard InChI is InChI=1S/C21H30N4O2/c1-16(26)23-11-18-13-25(14-19(18)20-12-22-15-24(20)2)10-6-8-17-7-4-5-9-21(17)27-3/h4-5,7,9,12,15,18-19H,6,8,10-11,13-14H2,1-3H3,(H,23,26)/t18-,19-/m1/s1. The number of imidazole rings is 1. The molecule has 6 heteroatoms. The Morgan fingerprint density at radius 1 is 1.33 bits per heavy atom. The number of aromatic nitrogens is 2. The summed E-state index contributed by atoms with van der Waals surface area (Å²) in [6.07, 6.45) is 5.91. The second-order valence-electron chi connectivity index (χ2n) is 7.41. The van der Waals surface area contributed by atoms with E-state index in [1.807, 2.05) is 31.7 Å². The van der Waals surface area contributed by atoms with Gasteiger partial charge in [0.1, 0.15) is 5.75 Å². The normalized spacial score (nSPS) is 20.0. The molecule has 1 aliphatic rings. The number of amides is 1. The minimum atomic E-state index is 0.0355. The number of aryl methyl sites for hydroxylation is 2. The molecule has 1 amide bonds. The highest BCUT2D eigenvalue weighted by atomic mass is 16.5. The van der Waals surface area contributed by atoms with Crippen LogP contribution in [0, 0.1) is 5.92 Å². The molecule has 0 bridgehead atoms. The Hall–Kier alpha value is -2.34. The van der Waals surface area contributed by atoms with Gasteiger partial charge in [0.25, 0.3) is 0 Å². The van der Waals surface area contributed by atoms with Gasteiger partial charge in [-0.25, -0.2) is 4.98 Å². The largest absolute Gasteiger partial charge is 0.496 e. The summed E-state index contributed by atoms with van der Waals surface area (Å²) in [6.45, 7) is 5.36. The van der Waals surface area contributed by atoms with E-state index in [0.29, 0.717) is 18.4 Å². The van der Waals surface area contributed by atoms with Gasteiger partial charge in [0.2, 0.25) is 5.91 Å². The number of hydrogen-bond acceptors (Lipinski definition) is 4. The molecule has 1 fully saturated rings. The first-order valence-electron chi connectivity index (χ1n) is 9.63. The molecule has 0 unspecified atom stereocenters. The smallest absolute Gasteiger partial charge is 0.216 e. The van der Waals surface area contributed by atoms with Crippen LogP contribution in [0.5, 0.6) is 5.75 Å². The van der Waals surface area contributed by atoms with E-state index in [-0.39, 0.29) is 5.91 Å². The van der Waals surface area contributed by atoms with Crippen molar-refractivity contribution in [3.63, 3.8) is 0 Å². The molecule has 2 atom stereocenters. The lowest BCUT2D eigenvalue weighted by Crippen LogP contribution is -2.31. The molecule has 1 saturated heterocycles. The third kappa shape index (κ3) is 4.89. The number of carbonyl (C=O) groups excluding carboxylic acids is 1. The van der Waals surface area contributed by atoms with Crippen LogP contribution in [0.2, 0.25) is 0 Å². The van der Waals surface area contributed by atoms with Gasteiger partial charge in [-0.1, -0.05) is 18.2 Å². The SMILES string of the molecule is COc1ccccc1CCCN1C[C@@H](CNC(C)=O)[C@H](c2cncn2C)C1. The first-order valence-corrected chi connectivity index (χ1v) is 9.63. The first-order chi connectivity index (χ1) is 13.1. The van der Waals surface area contributed by atoms with Crippen molar-refractivity contribution in [2.24, 2.45) is 13.0 Å². The number of benzene rings is 1. The Labute approximate surface area is 161 Å². The zero-order chi connectivity index (χ0) is 19.2. The predicted molar refractivity (Wildman–Crippen MR) is 106 cm³/mol. The van der Waals surface area contributed by atoms with E-state index in [1.165, 1.54) is 11.3 Å². The van der Waals surface area contributed by atoms with Crippen molar-refractivity contribution in [2.75, 3.05) is 33.3 Å². The number of rotatable bonds is 8. The fourth-order valence-corrected chi connectivity index (χ4v) is 4.09. The van der Waals surface area contributed by atoms with Crippen LogP contribution >= 0.6 is 0 Å². The van der Waals surface area contributed by atoms with Crippen molar-refractivity contribution in [3.05, 3.63) is 48.0 Å². The number of likely N-dealkylation sites (tertiary alicyclic amines) is 1. The van der Waals surface area contributed by atoms with E-state index in [0.717, 1.165) is 38.2 Å². The molecule has 0 radical (unpaired) electrons. The summed E-state index contributed by atoms with van der Waals surface area (Å²) in [4.78, 5) is 18.2. The third-order valence-electron chi connectivity index (χ3n) is 5.48. The predicted octanol–water partition coefficient (Wildman–Crippen LogP) is 2.21. The van der Waals surface area contributed by atoms with Crippen molar-refractivity contribution >= 4 is 5.91 Å². The van der Waals surface area contributed by atoms with Crippen molar-refractivity contribution in [2.45, 2.75) is 25.7 Å². The average Bonchev–Trinajstić information content (AvgIpc) is 3.26. The topological polar surface area (TPSA) is 59.4 Å². The molecule has 2 aromatic rings. The second-order valence-corrected chi connectivity index (χ2v) is 7.41. The highest BCUT2D eigenvalue weighted by molar-refractivity contribution is 5.72. The molecule has 0 aliphatic carbocycles. The molecule has 0 spiro atoms. The quantitative estimate of drug-likeness (QED) is 0.774. The fourth-order valence-electron chi connectivity index (χ4n) is 4.09. The molecule has 3 rings (SSSR count). The lowest BCUT2D eigenvalue weighted by Gasteiger charge is -2.18. The number of ether oxygens (including phenoxy) is 1. The number of para-hydroxylation sites is 1. The Balaban J connectivity index is 1.59. The third-order valence-corrected chi connectivity index (χ3v) is 5.48. The van der Waals surface area contributed by atoms with E-state index >= 15 is 0 Å². The van der Waals surface area contributed by atoms with Gasteiger partial charge >= 0.3 is 0 Å². The summed E-state index contributed by atoms with van der Waals surface area (Å²) < 4.78 is 7.56. The number of hydrogen-bond donors (Lipinski definition) is 1. The second kappa shape index (κ2) is 9.04. The summed E-state index contributed by atoms with van der Waals surface area (Å²) in [6, 6.07) is 8.23. The van der Waals surface area contributed by atoms with Gasteiger partial charge < -0.3 is 19.5 Å². The zero-order valence-electron chi connectivity index (χ0n) is 16.5. The van der Waals surface area contributed by atoms with Gasteiger partial charge in [-0.15, -0.1) is 0 Å². The van der Waals surface area contributed by atoms with Crippen molar-refractivity contribution in [1.82, 2.24) is 19.8 Å². The van der Waals surface area contributed by atoms with Gasteiger partial charge in [0, 0.05) is 51.4 Å². The zero-order valence-corrected chi connectivity index (χ0v) is 16.5. The first kappa shape index (κ1) is 19.4. The Morgan fingerprint density at radius 3 is 2.85 bits per heavy atom. The summed E-state index contributed by atoms with van der Waals surface area (Å²) >= 11 is 0. The van der Waals surface area contributed by atoms with E-state index in [1.54, 1.807) is 14.0 Å². The molecule has 1 N–H and O–H groups in total. The molecule has 146 valence electrons. The number of nitrogens with zero attached hydrogens (tertiary/aromatic N) is 3. The van der Waals surface area contributed by atoms with Crippen LogP contribution in [0.4, 0.5) is 0 Å². The molecule has 1 aromatic heterocycles. The van der Waals surface area contributed by atoms with Crippen LogP contribution in [-0.4, -0.2) is 53.6 Å². The molecule has 27 heavy (non-hydrogen) atoms. The fraction of sp³-hybridized carbons (Fsp3) is 0.524. The maximum Gasteiger partial charge on any atom is 0.216 e. The highest BCUT2D eigenvalue weighted by Crippen LogP contribution is 2.32. The minimum Gasteiger partial charge on any atom is -0.496 e. The van der Waals surface area contributed by atoms with Gasteiger partial charge in [-0.2, -0.15) is 0 Å². The molecular formula is C21H30N4O2. The van der Waals surface area contributed by atoms with Crippen molar-refractivity contribution < 1.29 is 9.53 Å². The Morgan fingerprint density at radius 2 is 2.15 bits per heavy atom. The molecule has 0 saturated carbocycles. The van der Waals surface area contributed by atoms with E-state index in [2.05, 4.69) is 31.9 Å². The van der Waals surface area contributed by atoms with Crippen LogP contribution in [0.15, 0.2) is 36.8 Å². The average molecular weight is 370 g/mol. The van der Waals surface area contributed by atoms with Crippen LogP contribution in [-0.2, 0) is 18.3 Å². The van der Waals surface area contributed by atoms with Crippen LogP contribution in [0.1, 0.15) is 30.5 Å². The van der Waals surface area contributed by atoms with Gasteiger partial charge in [-0.3, -0.25) is 4.79 Å². The molecule has 2 heterocycles. The lowest BCUT2D eigenvalue weighted by atomic mass is 9.93. The van der Waals surface area contributed by atoms with Crippen molar-refractivity contribution in [1.29, 1.82) is 0 Å². The van der Waals surface area contributed by atoms with E-state index in [4.69, 9.17) is 4.74 Å². The van der Waals surface area contributed by atoms with Crippen LogP contribution < -0.4 is 10.1 Å². The maximum atomic E-state index is 11.4. The highest BCUT2D eigenvalue weighted by Gasteiger charge is 2.35. The molecular weight excluding hydrogens is 340 g/mol. The number of nitrogens with one attached hydrogen (secondary N) is 1. The maximum absolute atomic E-state index is 11.4. The summed E-state index contributed by atoms with van der Waals surface area (Å²) in [5.41, 5.74) is 2.51. The molecule has 1 aromatic carbocycles.